The van der Waals surface area contributed by atoms with E-state index in [1.165, 1.54) is 0 Å². The number of hydrogen-bond donors (Lipinski definition) is 0. The summed E-state index contributed by atoms with van der Waals surface area (Å²) in [6.07, 6.45) is 9.07. The average molecular weight is 174 g/mol. The van der Waals surface area contributed by atoms with Crippen molar-refractivity contribution >= 4 is 58.1 Å². The van der Waals surface area contributed by atoms with E-state index in [0.717, 1.165) is 19.0 Å². The van der Waals surface area contributed by atoms with Crippen molar-refractivity contribution in [1.29, 1.82) is 0 Å². The van der Waals surface area contributed by atoms with E-state index in [4.69, 9.17) is 0 Å². The van der Waals surface area contributed by atoms with Gasteiger partial charge in [0.1, 0.15) is 0 Å². The van der Waals surface area contributed by atoms with Gasteiger partial charge in [0.2, 0.25) is 0 Å². The van der Waals surface area contributed by atoms with Crippen LogP contribution >= 0.6 is 0 Å². The molecule has 56 valence electrons. The molecule has 0 aromatic carbocycles. The molecule has 0 aliphatic heterocycles. The van der Waals surface area contributed by atoms with E-state index in [-0.39, 0.29) is 51.4 Å². The van der Waals surface area contributed by atoms with Crippen molar-refractivity contribution in [2.75, 3.05) is 0 Å². The molecule has 0 atom stereocenters. The predicted octanol–water partition coefficient (Wildman–Crippen LogP) is 2.39. The van der Waals surface area contributed by atoms with Crippen LogP contribution in [-0.2, 0) is 0 Å². The molecule has 0 saturated carbocycles. The Morgan fingerprint density at radius 1 is 0.818 bits per heavy atom. The van der Waals surface area contributed by atoms with Crippen molar-refractivity contribution in [1.82, 2.24) is 0 Å². The van der Waals surface area contributed by atoms with Gasteiger partial charge in [-0.1, -0.05) is 37.2 Å². The quantitative estimate of drug-likeness (QED) is 0.428. The molecular formula is C9H16BK. The molecule has 0 nitrogen and oxygen atoms in total. The molecule has 0 fully saturated rings. The van der Waals surface area contributed by atoms with E-state index >= 15 is 0 Å². The first kappa shape index (κ1) is 14.4. The molecule has 0 radical (unpaired) electrons. The van der Waals surface area contributed by atoms with Crippen LogP contribution in [-0.4, -0.2) is 58.1 Å². The van der Waals surface area contributed by atoms with Crippen molar-refractivity contribution in [3.8, 4) is 0 Å². The summed E-state index contributed by atoms with van der Waals surface area (Å²) in [7, 11) is 0. The monoisotopic (exact) mass is 174 g/mol. The van der Waals surface area contributed by atoms with Gasteiger partial charge in [-0.3, -0.25) is 0 Å². The fraction of sp³-hybridized carbons (Fsp3) is 0.333. The molecule has 0 heterocycles. The van der Waals surface area contributed by atoms with Crippen LogP contribution in [0.1, 0.15) is 0 Å². The van der Waals surface area contributed by atoms with E-state index in [1.54, 1.807) is 0 Å². The van der Waals surface area contributed by atoms with Crippen molar-refractivity contribution in [3.63, 3.8) is 0 Å². The summed E-state index contributed by atoms with van der Waals surface area (Å²) in [5.74, 6) is 0. The van der Waals surface area contributed by atoms with Crippen LogP contribution in [0.2, 0.25) is 19.0 Å². The summed E-state index contributed by atoms with van der Waals surface area (Å²) < 4.78 is 0. The third kappa shape index (κ3) is 8.83. The third-order valence-electron chi connectivity index (χ3n) is 1.50. The van der Waals surface area contributed by atoms with Gasteiger partial charge in [0.15, 0.2) is 6.71 Å². The van der Waals surface area contributed by atoms with Gasteiger partial charge in [-0.25, -0.2) is 0 Å². The molecule has 0 amide bonds. The van der Waals surface area contributed by atoms with Crippen LogP contribution in [0.3, 0.4) is 0 Å². The summed E-state index contributed by atoms with van der Waals surface area (Å²) in [4.78, 5) is 0. The number of hydrogen-bond acceptors (Lipinski definition) is 0. The normalized spacial score (nSPS) is 7.64. The zero-order chi connectivity index (χ0) is 7.82. The Bertz CT molecular complexity index is 97.0. The molecular weight excluding hydrogens is 158 g/mol. The van der Waals surface area contributed by atoms with Gasteiger partial charge in [0.05, 0.1) is 0 Å². The summed E-state index contributed by atoms with van der Waals surface area (Å²) >= 11 is 0. The molecule has 0 bridgehead atoms. The Balaban J connectivity index is 0. The second-order valence-electron chi connectivity index (χ2n) is 2.44. The van der Waals surface area contributed by atoms with Gasteiger partial charge < -0.3 is 0 Å². The van der Waals surface area contributed by atoms with Crippen LogP contribution in [0.25, 0.3) is 0 Å². The summed E-state index contributed by atoms with van der Waals surface area (Å²) in [5, 5.41) is 0. The Morgan fingerprint density at radius 2 is 1.09 bits per heavy atom. The molecule has 0 rings (SSSR count). The fourth-order valence-corrected chi connectivity index (χ4v) is 0.996. The Hall–Kier alpha value is 0.921. The summed E-state index contributed by atoms with van der Waals surface area (Å²) in [6, 6.07) is 0. The zero-order valence-electron chi connectivity index (χ0n) is 6.55. The summed E-state index contributed by atoms with van der Waals surface area (Å²) in [5.41, 5.74) is 0. The molecule has 11 heavy (non-hydrogen) atoms. The number of rotatable bonds is 6. The van der Waals surface area contributed by atoms with Gasteiger partial charge in [0, 0.05) is 0 Å². The third-order valence-corrected chi connectivity index (χ3v) is 1.50. The molecule has 0 aromatic rings. The first-order valence-electron chi connectivity index (χ1n) is 3.67. The summed E-state index contributed by atoms with van der Waals surface area (Å²) in [6.45, 7) is 11.8. The SMILES string of the molecule is C=CCB(CC=C)CC=C.[KH]. The van der Waals surface area contributed by atoms with E-state index in [2.05, 4.69) is 19.7 Å². The Morgan fingerprint density at radius 3 is 1.27 bits per heavy atom. The van der Waals surface area contributed by atoms with Crippen molar-refractivity contribution < 1.29 is 0 Å². The standard InChI is InChI=1S/C9H15B.K.H/c1-4-7-10(8-5-2)9-6-3;;/h4-6H,1-3,7-9H2;;. The predicted molar refractivity (Wildman–Crippen MR) is 57.9 cm³/mol. The van der Waals surface area contributed by atoms with E-state index < -0.39 is 0 Å². The van der Waals surface area contributed by atoms with Gasteiger partial charge >= 0.3 is 51.4 Å². The van der Waals surface area contributed by atoms with Crippen molar-refractivity contribution in [2.45, 2.75) is 19.0 Å². The van der Waals surface area contributed by atoms with Gasteiger partial charge in [-0.15, -0.1) is 19.7 Å². The van der Waals surface area contributed by atoms with Crippen LogP contribution in [0, 0.1) is 0 Å². The van der Waals surface area contributed by atoms with E-state index in [1.807, 2.05) is 18.2 Å². The second kappa shape index (κ2) is 10.9. The van der Waals surface area contributed by atoms with Crippen LogP contribution in [0.4, 0.5) is 0 Å². The fourth-order valence-electron chi connectivity index (χ4n) is 0.996. The number of allylic oxidation sites excluding steroid dienone is 3. The van der Waals surface area contributed by atoms with Crippen molar-refractivity contribution in [2.24, 2.45) is 0 Å². The average Bonchev–Trinajstić information content (AvgIpc) is 1.90. The molecule has 0 N–H and O–H groups in total. The van der Waals surface area contributed by atoms with E-state index in [0.29, 0.717) is 6.71 Å². The maximum atomic E-state index is 3.70. The van der Waals surface area contributed by atoms with Crippen molar-refractivity contribution in [3.05, 3.63) is 38.0 Å². The zero-order valence-corrected chi connectivity index (χ0v) is 6.55. The maximum absolute atomic E-state index is 3.70. The van der Waals surface area contributed by atoms with E-state index in [9.17, 15) is 0 Å². The molecule has 0 aliphatic rings. The van der Waals surface area contributed by atoms with Crippen LogP contribution in [0.15, 0.2) is 38.0 Å². The first-order valence-corrected chi connectivity index (χ1v) is 3.67. The molecule has 0 saturated heterocycles. The Kier molecular flexibility index (Phi) is 14.3. The van der Waals surface area contributed by atoms with Gasteiger partial charge in [-0.2, -0.15) is 0 Å². The minimum atomic E-state index is 0. The molecule has 0 spiro atoms. The minimum absolute atomic E-state index is 0. The molecule has 2 heteroatoms. The molecule has 0 unspecified atom stereocenters. The Labute approximate surface area is 113 Å². The van der Waals surface area contributed by atoms with Crippen LogP contribution < -0.4 is 0 Å². The van der Waals surface area contributed by atoms with Gasteiger partial charge in [-0.05, 0) is 0 Å². The molecule has 0 aliphatic carbocycles. The molecule has 0 aromatic heterocycles. The van der Waals surface area contributed by atoms with Crippen LogP contribution in [0.5, 0.6) is 0 Å². The van der Waals surface area contributed by atoms with Gasteiger partial charge in [0.25, 0.3) is 0 Å². The second-order valence-corrected chi connectivity index (χ2v) is 2.44. The first-order chi connectivity index (χ1) is 4.85. The topological polar surface area (TPSA) is 0 Å².